The van der Waals surface area contributed by atoms with Gasteiger partial charge >= 0.3 is 0 Å². The minimum Gasteiger partial charge on any atom is -0.337 e. The van der Waals surface area contributed by atoms with Crippen LogP contribution in [0, 0.1) is 5.92 Å². The Morgan fingerprint density at radius 2 is 1.13 bits per heavy atom. The Kier molecular flexibility index (Phi) is 4.81. The number of nitrogens with zero attached hydrogens (tertiary/aromatic N) is 2. The molecule has 1 fully saturated rings. The summed E-state index contributed by atoms with van der Waals surface area (Å²) in [7, 11) is 0. The molecule has 2 aliphatic carbocycles. The minimum absolute atomic E-state index is 0.437. The molecule has 1 aliphatic heterocycles. The van der Waals surface area contributed by atoms with Crippen LogP contribution in [0.1, 0.15) is 12.8 Å². The topological polar surface area (TPSA) is 8.17 Å². The Labute approximate surface area is 223 Å². The maximum absolute atomic E-state index is 2.57. The van der Waals surface area contributed by atoms with Crippen molar-refractivity contribution < 1.29 is 0 Å². The zero-order valence-electron chi connectivity index (χ0n) is 21.2. The predicted octanol–water partition coefficient (Wildman–Crippen LogP) is 8.99. The van der Waals surface area contributed by atoms with Gasteiger partial charge in [0.15, 0.2) is 0 Å². The second kappa shape index (κ2) is 8.49. The molecular weight excluding hydrogens is 460 g/mol. The number of hydrogen-bond donors (Lipinski definition) is 0. The second-order valence-corrected chi connectivity index (χ2v) is 10.5. The molecule has 8 rings (SSSR count). The van der Waals surface area contributed by atoms with Gasteiger partial charge in [-0.2, -0.15) is 0 Å². The van der Waals surface area contributed by atoms with Crippen molar-refractivity contribution in [2.24, 2.45) is 5.92 Å². The molecule has 4 aromatic carbocycles. The third-order valence-electron chi connectivity index (χ3n) is 8.48. The summed E-state index contributed by atoms with van der Waals surface area (Å²) < 4.78 is 2.37. The van der Waals surface area contributed by atoms with Gasteiger partial charge < -0.3 is 9.47 Å². The molecule has 38 heavy (non-hydrogen) atoms. The first-order valence-electron chi connectivity index (χ1n) is 13.6. The maximum Gasteiger partial charge on any atom is 0.0592 e. The highest BCUT2D eigenvalue weighted by Gasteiger charge is 2.41. The van der Waals surface area contributed by atoms with Crippen molar-refractivity contribution in [2.75, 3.05) is 4.90 Å². The monoisotopic (exact) mass is 488 g/mol. The third-order valence-corrected chi connectivity index (χ3v) is 8.48. The fraction of sp³-hybridized carbons (Fsp3) is 0.111. The highest BCUT2D eigenvalue weighted by Crippen LogP contribution is 2.47. The van der Waals surface area contributed by atoms with Gasteiger partial charge in [-0.15, -0.1) is 0 Å². The standard InChI is InChI=1S/C36H28N2/c1-5-13-33-29(9-1)30-10-2-6-14-34(30)37(33)27-21-17-25(18-22-27)26-19-23-28(24-20-26)38-35-15-7-3-11-31(35)32-12-4-8-16-36(32)38/h1-11,13-14,16-24,32,35H,12,15H2. The Morgan fingerprint density at radius 3 is 1.82 bits per heavy atom. The Hall–Kier alpha value is -4.56. The third kappa shape index (κ3) is 3.20. The molecule has 1 aromatic heterocycles. The van der Waals surface area contributed by atoms with Crippen LogP contribution in [-0.4, -0.2) is 10.6 Å². The molecule has 2 heterocycles. The molecular formula is C36H28N2. The lowest BCUT2D eigenvalue weighted by molar-refractivity contribution is 0.728. The van der Waals surface area contributed by atoms with Crippen molar-refractivity contribution in [1.82, 2.24) is 4.57 Å². The van der Waals surface area contributed by atoms with Gasteiger partial charge in [-0.3, -0.25) is 0 Å². The molecule has 0 spiro atoms. The summed E-state index contributed by atoms with van der Waals surface area (Å²) in [5.74, 6) is 0.517. The van der Waals surface area contributed by atoms with E-state index in [4.69, 9.17) is 0 Å². The number of hydrogen-bond acceptors (Lipinski definition) is 1. The van der Waals surface area contributed by atoms with Crippen LogP contribution >= 0.6 is 0 Å². The molecule has 2 unspecified atom stereocenters. The van der Waals surface area contributed by atoms with Crippen LogP contribution < -0.4 is 4.90 Å². The van der Waals surface area contributed by atoms with Crippen molar-refractivity contribution in [2.45, 2.75) is 18.9 Å². The summed E-state index contributed by atoms with van der Waals surface area (Å²) in [6.45, 7) is 0. The average Bonchev–Trinajstić information content (AvgIpc) is 3.51. The summed E-state index contributed by atoms with van der Waals surface area (Å²) in [5.41, 5.74) is 10.4. The number of aromatic nitrogens is 1. The lowest BCUT2D eigenvalue weighted by atomic mass is 9.87. The fourth-order valence-corrected chi connectivity index (χ4v) is 6.74. The molecule has 2 nitrogen and oxygen atoms in total. The van der Waals surface area contributed by atoms with Crippen LogP contribution in [0.25, 0.3) is 38.6 Å². The number of para-hydroxylation sites is 2. The van der Waals surface area contributed by atoms with Crippen LogP contribution in [-0.2, 0) is 0 Å². The van der Waals surface area contributed by atoms with E-state index in [1.165, 1.54) is 50.0 Å². The molecule has 2 heteroatoms. The number of benzene rings is 4. The van der Waals surface area contributed by atoms with Crippen molar-refractivity contribution in [3.63, 3.8) is 0 Å². The van der Waals surface area contributed by atoms with Crippen LogP contribution in [0.15, 0.2) is 145 Å². The van der Waals surface area contributed by atoms with E-state index in [1.807, 2.05) is 0 Å². The van der Waals surface area contributed by atoms with Crippen molar-refractivity contribution in [1.29, 1.82) is 0 Å². The molecule has 0 bridgehead atoms. The van der Waals surface area contributed by atoms with Gasteiger partial charge in [0, 0.05) is 33.8 Å². The quantitative estimate of drug-likeness (QED) is 0.246. The minimum atomic E-state index is 0.437. The van der Waals surface area contributed by atoms with Crippen molar-refractivity contribution in [3.05, 3.63) is 145 Å². The van der Waals surface area contributed by atoms with Gasteiger partial charge in [0.2, 0.25) is 0 Å². The summed E-state index contributed by atoms with van der Waals surface area (Å²) in [6.07, 6.45) is 15.9. The molecule has 182 valence electrons. The smallest absolute Gasteiger partial charge is 0.0592 e. The van der Waals surface area contributed by atoms with Crippen LogP contribution in [0.4, 0.5) is 5.69 Å². The Bertz CT molecular complexity index is 1760. The predicted molar refractivity (Wildman–Crippen MR) is 160 cm³/mol. The fourth-order valence-electron chi connectivity index (χ4n) is 6.74. The number of fused-ring (bicyclic) bond motifs is 6. The van der Waals surface area contributed by atoms with E-state index in [0.717, 1.165) is 12.8 Å². The molecule has 0 saturated carbocycles. The highest BCUT2D eigenvalue weighted by molar-refractivity contribution is 6.09. The first-order valence-corrected chi connectivity index (χ1v) is 13.6. The van der Waals surface area contributed by atoms with Crippen LogP contribution in [0.2, 0.25) is 0 Å². The largest absolute Gasteiger partial charge is 0.337 e. The number of allylic oxidation sites excluding steroid dienone is 6. The van der Waals surface area contributed by atoms with E-state index >= 15 is 0 Å². The van der Waals surface area contributed by atoms with Gasteiger partial charge in [0.1, 0.15) is 0 Å². The molecule has 0 radical (unpaired) electrons. The van der Waals surface area contributed by atoms with E-state index in [-0.39, 0.29) is 0 Å². The zero-order chi connectivity index (χ0) is 25.1. The van der Waals surface area contributed by atoms with Gasteiger partial charge in [0.05, 0.1) is 17.1 Å². The van der Waals surface area contributed by atoms with E-state index in [0.29, 0.717) is 12.0 Å². The lowest BCUT2D eigenvalue weighted by Crippen LogP contribution is -2.29. The van der Waals surface area contributed by atoms with Crippen LogP contribution in [0.5, 0.6) is 0 Å². The normalized spacial score (nSPS) is 19.9. The molecule has 1 saturated heterocycles. The average molecular weight is 489 g/mol. The van der Waals surface area contributed by atoms with Crippen LogP contribution in [0.3, 0.4) is 0 Å². The van der Waals surface area contributed by atoms with E-state index in [1.54, 1.807) is 5.57 Å². The first-order chi connectivity index (χ1) is 18.9. The second-order valence-electron chi connectivity index (χ2n) is 10.5. The number of rotatable bonds is 3. The van der Waals surface area contributed by atoms with Gasteiger partial charge in [-0.05, 0) is 72.0 Å². The van der Waals surface area contributed by atoms with E-state index in [9.17, 15) is 0 Å². The summed E-state index contributed by atoms with van der Waals surface area (Å²) in [6, 6.07) is 35.9. The molecule has 0 N–H and O–H groups in total. The number of anilines is 1. The lowest BCUT2D eigenvalue weighted by Gasteiger charge is -2.29. The van der Waals surface area contributed by atoms with E-state index < -0.39 is 0 Å². The van der Waals surface area contributed by atoms with Crippen molar-refractivity contribution >= 4 is 27.5 Å². The first kappa shape index (κ1) is 21.5. The van der Waals surface area contributed by atoms with Gasteiger partial charge in [-0.1, -0.05) is 91.0 Å². The Balaban J connectivity index is 1.13. The summed E-state index contributed by atoms with van der Waals surface area (Å²) in [5, 5.41) is 2.59. The summed E-state index contributed by atoms with van der Waals surface area (Å²) >= 11 is 0. The molecule has 2 atom stereocenters. The van der Waals surface area contributed by atoms with Gasteiger partial charge in [0.25, 0.3) is 0 Å². The molecule has 3 aliphatic rings. The highest BCUT2D eigenvalue weighted by atomic mass is 15.2. The maximum atomic E-state index is 2.57. The molecule has 0 amide bonds. The van der Waals surface area contributed by atoms with Crippen molar-refractivity contribution in [3.8, 4) is 16.8 Å². The summed E-state index contributed by atoms with van der Waals surface area (Å²) in [4.78, 5) is 2.57. The molecule has 5 aromatic rings. The SMILES string of the molecule is C1=CCC2C3=CC=CCC3N(c3ccc(-c4ccc(-n5c6ccccc6c6ccccc65)cc4)cc3)C2=C1. The van der Waals surface area contributed by atoms with E-state index in [2.05, 4.69) is 143 Å². The zero-order valence-corrected chi connectivity index (χ0v) is 21.2. The Morgan fingerprint density at radius 1 is 0.553 bits per heavy atom. The van der Waals surface area contributed by atoms with Gasteiger partial charge in [-0.25, -0.2) is 0 Å².